The minimum absolute atomic E-state index is 0.288. The van der Waals surface area contributed by atoms with E-state index in [4.69, 9.17) is 5.73 Å². The van der Waals surface area contributed by atoms with Crippen molar-refractivity contribution in [2.45, 2.75) is 65.5 Å². The SMILES string of the molecule is CCCC(CN)(CCC)C(=O)N1CC(C)N(C)C(C)C1. The van der Waals surface area contributed by atoms with Gasteiger partial charge in [0, 0.05) is 31.7 Å². The zero-order valence-corrected chi connectivity index (χ0v) is 14.0. The fraction of sp³-hybridized carbons (Fsp3) is 0.938. The fourth-order valence-electron chi connectivity index (χ4n) is 3.49. The molecular weight excluding hydrogens is 250 g/mol. The zero-order chi connectivity index (χ0) is 15.3. The molecule has 0 aromatic rings. The lowest BCUT2D eigenvalue weighted by Crippen LogP contribution is -2.60. The summed E-state index contributed by atoms with van der Waals surface area (Å²) in [6, 6.07) is 0.836. The first-order valence-electron chi connectivity index (χ1n) is 8.13. The molecule has 1 heterocycles. The van der Waals surface area contributed by atoms with E-state index in [2.05, 4.69) is 44.5 Å². The number of rotatable bonds is 6. The van der Waals surface area contributed by atoms with Crippen molar-refractivity contribution in [1.29, 1.82) is 0 Å². The van der Waals surface area contributed by atoms with Gasteiger partial charge in [-0.2, -0.15) is 0 Å². The molecule has 1 aliphatic rings. The highest BCUT2D eigenvalue weighted by Crippen LogP contribution is 2.32. The van der Waals surface area contributed by atoms with Crippen LogP contribution < -0.4 is 5.73 Å². The first-order chi connectivity index (χ1) is 9.41. The second-order valence-electron chi connectivity index (χ2n) is 6.56. The quantitative estimate of drug-likeness (QED) is 0.812. The van der Waals surface area contributed by atoms with Gasteiger partial charge >= 0.3 is 0 Å². The second kappa shape index (κ2) is 7.41. The van der Waals surface area contributed by atoms with Crippen LogP contribution >= 0.6 is 0 Å². The van der Waals surface area contributed by atoms with E-state index in [1.54, 1.807) is 0 Å². The highest BCUT2D eigenvalue weighted by Gasteiger charge is 2.41. The number of piperazine rings is 1. The summed E-state index contributed by atoms with van der Waals surface area (Å²) in [5, 5.41) is 0. The van der Waals surface area contributed by atoms with Crippen LogP contribution in [0.4, 0.5) is 0 Å². The highest BCUT2D eigenvalue weighted by atomic mass is 16.2. The molecule has 1 aliphatic heterocycles. The third kappa shape index (κ3) is 3.53. The molecule has 0 aromatic carbocycles. The van der Waals surface area contributed by atoms with Gasteiger partial charge in [-0.3, -0.25) is 9.69 Å². The minimum atomic E-state index is -0.334. The maximum absolute atomic E-state index is 13.1. The Morgan fingerprint density at radius 2 is 1.60 bits per heavy atom. The lowest BCUT2D eigenvalue weighted by Gasteiger charge is -2.46. The van der Waals surface area contributed by atoms with E-state index in [0.717, 1.165) is 38.8 Å². The Morgan fingerprint density at radius 3 is 1.95 bits per heavy atom. The second-order valence-corrected chi connectivity index (χ2v) is 6.56. The number of hydrogen-bond acceptors (Lipinski definition) is 3. The van der Waals surface area contributed by atoms with Gasteiger partial charge in [0.2, 0.25) is 5.91 Å². The van der Waals surface area contributed by atoms with Crippen molar-refractivity contribution in [2.24, 2.45) is 11.1 Å². The summed E-state index contributed by atoms with van der Waals surface area (Å²) in [6.07, 6.45) is 3.85. The Morgan fingerprint density at radius 1 is 1.15 bits per heavy atom. The van der Waals surface area contributed by atoms with Crippen LogP contribution in [0.1, 0.15) is 53.4 Å². The van der Waals surface area contributed by atoms with Gasteiger partial charge < -0.3 is 10.6 Å². The molecule has 0 spiro atoms. The molecule has 0 aliphatic carbocycles. The maximum atomic E-state index is 13.1. The van der Waals surface area contributed by atoms with Crippen LogP contribution in [0, 0.1) is 5.41 Å². The van der Waals surface area contributed by atoms with Crippen molar-refractivity contribution >= 4 is 5.91 Å². The Balaban J connectivity index is 2.89. The van der Waals surface area contributed by atoms with E-state index in [0.29, 0.717) is 18.6 Å². The smallest absolute Gasteiger partial charge is 0.230 e. The van der Waals surface area contributed by atoms with E-state index in [9.17, 15) is 4.79 Å². The Kier molecular flexibility index (Phi) is 6.46. The molecule has 1 amide bonds. The third-order valence-electron chi connectivity index (χ3n) is 4.95. The molecule has 4 heteroatoms. The van der Waals surface area contributed by atoms with Gasteiger partial charge in [-0.05, 0) is 33.7 Å². The molecular formula is C16H33N3O. The van der Waals surface area contributed by atoms with E-state index in [1.807, 2.05) is 0 Å². The molecule has 2 atom stereocenters. The number of likely N-dealkylation sites (N-methyl/N-ethyl adjacent to an activating group) is 1. The molecule has 20 heavy (non-hydrogen) atoms. The van der Waals surface area contributed by atoms with E-state index < -0.39 is 0 Å². The number of nitrogens with zero attached hydrogens (tertiary/aromatic N) is 2. The average molecular weight is 283 g/mol. The highest BCUT2D eigenvalue weighted by molar-refractivity contribution is 5.83. The Bertz CT molecular complexity index is 301. The summed E-state index contributed by atoms with van der Waals surface area (Å²) in [4.78, 5) is 17.5. The van der Waals surface area contributed by atoms with Crippen LogP contribution in [-0.4, -0.2) is 54.5 Å². The summed E-state index contributed by atoms with van der Waals surface area (Å²) in [7, 11) is 2.14. The Hall–Kier alpha value is -0.610. The van der Waals surface area contributed by atoms with E-state index >= 15 is 0 Å². The summed E-state index contributed by atoms with van der Waals surface area (Å²) < 4.78 is 0. The fourth-order valence-corrected chi connectivity index (χ4v) is 3.49. The lowest BCUT2D eigenvalue weighted by molar-refractivity contribution is -0.146. The molecule has 2 unspecified atom stereocenters. The van der Waals surface area contributed by atoms with Gasteiger partial charge in [-0.15, -0.1) is 0 Å². The molecule has 1 rings (SSSR count). The van der Waals surface area contributed by atoms with Gasteiger partial charge in [0.05, 0.1) is 5.41 Å². The largest absolute Gasteiger partial charge is 0.339 e. The van der Waals surface area contributed by atoms with Crippen molar-refractivity contribution < 1.29 is 4.79 Å². The summed E-state index contributed by atoms with van der Waals surface area (Å²) >= 11 is 0. The summed E-state index contributed by atoms with van der Waals surface area (Å²) in [6.45, 7) is 10.8. The van der Waals surface area contributed by atoms with Gasteiger partial charge in [0.25, 0.3) is 0 Å². The monoisotopic (exact) mass is 283 g/mol. The summed E-state index contributed by atoms with van der Waals surface area (Å²) in [5.41, 5.74) is 5.69. The molecule has 0 radical (unpaired) electrons. The van der Waals surface area contributed by atoms with Crippen molar-refractivity contribution in [2.75, 3.05) is 26.7 Å². The molecule has 1 fully saturated rings. The number of amides is 1. The van der Waals surface area contributed by atoms with Crippen molar-refractivity contribution in [3.8, 4) is 0 Å². The molecule has 0 aromatic heterocycles. The molecule has 0 bridgehead atoms. The number of hydrogen-bond donors (Lipinski definition) is 1. The topological polar surface area (TPSA) is 49.6 Å². The average Bonchev–Trinajstić information content (AvgIpc) is 2.43. The Labute approximate surface area is 124 Å². The minimum Gasteiger partial charge on any atom is -0.339 e. The van der Waals surface area contributed by atoms with Crippen LogP contribution in [0.5, 0.6) is 0 Å². The molecule has 118 valence electrons. The predicted molar refractivity (Wildman–Crippen MR) is 84.6 cm³/mol. The molecule has 4 nitrogen and oxygen atoms in total. The zero-order valence-electron chi connectivity index (χ0n) is 14.0. The number of carbonyl (C=O) groups is 1. The van der Waals surface area contributed by atoms with E-state index in [1.165, 1.54) is 0 Å². The van der Waals surface area contributed by atoms with E-state index in [-0.39, 0.29) is 11.3 Å². The maximum Gasteiger partial charge on any atom is 0.230 e. The molecule has 2 N–H and O–H groups in total. The van der Waals surface area contributed by atoms with Crippen LogP contribution in [-0.2, 0) is 4.79 Å². The first kappa shape index (κ1) is 17.4. The number of carbonyl (C=O) groups excluding carboxylic acids is 1. The lowest BCUT2D eigenvalue weighted by atomic mass is 9.77. The van der Waals surface area contributed by atoms with Crippen LogP contribution in [0.2, 0.25) is 0 Å². The van der Waals surface area contributed by atoms with Crippen molar-refractivity contribution in [3.05, 3.63) is 0 Å². The van der Waals surface area contributed by atoms with Gasteiger partial charge in [0.15, 0.2) is 0 Å². The normalized spacial score (nSPS) is 25.0. The van der Waals surface area contributed by atoms with Crippen LogP contribution in [0.15, 0.2) is 0 Å². The van der Waals surface area contributed by atoms with Gasteiger partial charge in [-0.1, -0.05) is 26.7 Å². The van der Waals surface area contributed by atoms with Crippen LogP contribution in [0.3, 0.4) is 0 Å². The first-order valence-corrected chi connectivity index (χ1v) is 8.13. The van der Waals surface area contributed by atoms with Crippen molar-refractivity contribution in [1.82, 2.24) is 9.80 Å². The van der Waals surface area contributed by atoms with Crippen LogP contribution in [0.25, 0.3) is 0 Å². The standard InChI is InChI=1S/C16H33N3O/c1-6-8-16(12-17,9-7-2)15(20)19-10-13(3)18(5)14(4)11-19/h13-14H,6-12,17H2,1-5H3. The molecule has 1 saturated heterocycles. The van der Waals surface area contributed by atoms with Gasteiger partial charge in [0.1, 0.15) is 0 Å². The third-order valence-corrected chi connectivity index (χ3v) is 4.95. The molecule has 0 saturated carbocycles. The van der Waals surface area contributed by atoms with Crippen molar-refractivity contribution in [3.63, 3.8) is 0 Å². The number of nitrogens with two attached hydrogens (primary N) is 1. The predicted octanol–water partition coefficient (Wildman–Crippen LogP) is 2.08. The summed E-state index contributed by atoms with van der Waals surface area (Å²) in [5.74, 6) is 0.288. The van der Waals surface area contributed by atoms with Gasteiger partial charge in [-0.25, -0.2) is 0 Å².